The molecule has 1 atom stereocenters. The molecule has 2 aliphatic heterocycles. The maximum absolute atomic E-state index is 12.5. The molecular formula is C19H35N3O3. The lowest BCUT2D eigenvalue weighted by molar-refractivity contribution is -0.134. The van der Waals surface area contributed by atoms with E-state index in [1.54, 1.807) is 0 Å². The van der Waals surface area contributed by atoms with Crippen LogP contribution in [-0.4, -0.2) is 66.7 Å². The molecule has 0 saturated carbocycles. The van der Waals surface area contributed by atoms with Crippen LogP contribution in [0.25, 0.3) is 0 Å². The lowest BCUT2D eigenvalue weighted by atomic mass is 9.97. The first-order valence-corrected chi connectivity index (χ1v) is 9.70. The van der Waals surface area contributed by atoms with Crippen LogP contribution >= 0.6 is 0 Å². The van der Waals surface area contributed by atoms with Crippen LogP contribution in [0.3, 0.4) is 0 Å². The van der Waals surface area contributed by atoms with Gasteiger partial charge < -0.3 is 15.0 Å². The van der Waals surface area contributed by atoms with Crippen LogP contribution in [0.2, 0.25) is 0 Å². The van der Waals surface area contributed by atoms with E-state index in [1.165, 1.54) is 0 Å². The van der Waals surface area contributed by atoms with Gasteiger partial charge in [0.15, 0.2) is 0 Å². The van der Waals surface area contributed by atoms with Gasteiger partial charge in [0.05, 0.1) is 6.54 Å². The van der Waals surface area contributed by atoms with Crippen LogP contribution in [0.15, 0.2) is 0 Å². The minimum absolute atomic E-state index is 0.257. The summed E-state index contributed by atoms with van der Waals surface area (Å²) in [4.78, 5) is 28.5. The lowest BCUT2D eigenvalue weighted by Gasteiger charge is -2.35. The summed E-state index contributed by atoms with van der Waals surface area (Å²) >= 11 is 0. The third-order valence-electron chi connectivity index (χ3n) is 5.03. The van der Waals surface area contributed by atoms with E-state index >= 15 is 0 Å². The molecule has 25 heavy (non-hydrogen) atoms. The third-order valence-corrected chi connectivity index (χ3v) is 5.03. The predicted octanol–water partition coefficient (Wildman–Crippen LogP) is 2.48. The van der Waals surface area contributed by atoms with Crippen molar-refractivity contribution in [3.63, 3.8) is 0 Å². The molecule has 1 N–H and O–H groups in total. The quantitative estimate of drug-likeness (QED) is 0.843. The predicted molar refractivity (Wildman–Crippen MR) is 98.4 cm³/mol. The van der Waals surface area contributed by atoms with Crippen LogP contribution in [0.1, 0.15) is 53.4 Å². The average Bonchev–Trinajstić information content (AvgIpc) is 2.52. The molecule has 0 spiro atoms. The van der Waals surface area contributed by atoms with Gasteiger partial charge in [0.2, 0.25) is 5.91 Å². The van der Waals surface area contributed by atoms with Gasteiger partial charge in [-0.1, -0.05) is 6.92 Å². The van der Waals surface area contributed by atoms with Gasteiger partial charge in [0.1, 0.15) is 5.60 Å². The smallest absolute Gasteiger partial charge is 0.407 e. The number of likely N-dealkylation sites (tertiary alicyclic amines) is 2. The van der Waals surface area contributed by atoms with Crippen LogP contribution in [-0.2, 0) is 9.53 Å². The number of hydrogen-bond acceptors (Lipinski definition) is 4. The molecule has 2 fully saturated rings. The summed E-state index contributed by atoms with van der Waals surface area (Å²) in [7, 11) is 0. The Bertz CT molecular complexity index is 453. The number of nitrogens with one attached hydrogen (secondary N) is 1. The molecule has 0 aromatic heterocycles. The van der Waals surface area contributed by atoms with Crippen molar-refractivity contribution in [3.8, 4) is 0 Å². The number of rotatable bonds is 4. The van der Waals surface area contributed by atoms with Crippen molar-refractivity contribution in [2.45, 2.75) is 59.0 Å². The van der Waals surface area contributed by atoms with E-state index in [2.05, 4.69) is 17.1 Å². The summed E-state index contributed by atoms with van der Waals surface area (Å²) in [6.45, 7) is 12.6. The Kier molecular flexibility index (Phi) is 7.11. The zero-order valence-electron chi connectivity index (χ0n) is 16.3. The van der Waals surface area contributed by atoms with Crippen molar-refractivity contribution in [2.24, 2.45) is 11.8 Å². The second-order valence-corrected chi connectivity index (χ2v) is 8.69. The van der Waals surface area contributed by atoms with Gasteiger partial charge in [-0.15, -0.1) is 0 Å². The van der Waals surface area contributed by atoms with E-state index in [-0.39, 0.29) is 12.0 Å². The fourth-order valence-corrected chi connectivity index (χ4v) is 3.55. The standard InChI is InChI=1S/C19H35N3O3/c1-15-7-10-22(11-8-15)17(23)14-21-9-5-6-16(13-21)12-20-18(24)25-19(2,3)4/h15-16H,5-14H2,1-4H3,(H,20,24). The molecule has 144 valence electrons. The van der Waals surface area contributed by atoms with E-state index in [9.17, 15) is 9.59 Å². The first-order valence-electron chi connectivity index (χ1n) is 9.70. The van der Waals surface area contributed by atoms with E-state index in [1.807, 2.05) is 25.7 Å². The van der Waals surface area contributed by atoms with E-state index in [0.29, 0.717) is 19.0 Å². The van der Waals surface area contributed by atoms with Crippen LogP contribution < -0.4 is 5.32 Å². The topological polar surface area (TPSA) is 61.9 Å². The van der Waals surface area contributed by atoms with Gasteiger partial charge in [-0.05, 0) is 64.8 Å². The van der Waals surface area contributed by atoms with E-state index < -0.39 is 5.60 Å². The first kappa shape index (κ1) is 20.0. The monoisotopic (exact) mass is 353 g/mol. The number of hydrogen-bond donors (Lipinski definition) is 1. The molecule has 0 bridgehead atoms. The Balaban J connectivity index is 1.71. The highest BCUT2D eigenvalue weighted by Crippen LogP contribution is 2.19. The molecule has 0 aromatic rings. The van der Waals surface area contributed by atoms with Crippen molar-refractivity contribution in [1.29, 1.82) is 0 Å². The molecule has 6 heteroatoms. The van der Waals surface area contributed by atoms with Gasteiger partial charge in [-0.25, -0.2) is 4.79 Å². The minimum Gasteiger partial charge on any atom is -0.444 e. The fourth-order valence-electron chi connectivity index (χ4n) is 3.55. The number of amides is 2. The summed E-state index contributed by atoms with van der Waals surface area (Å²) < 4.78 is 5.28. The number of alkyl carbamates (subject to hydrolysis) is 1. The second kappa shape index (κ2) is 8.88. The highest BCUT2D eigenvalue weighted by atomic mass is 16.6. The molecular weight excluding hydrogens is 318 g/mol. The number of carbonyl (C=O) groups excluding carboxylic acids is 2. The highest BCUT2D eigenvalue weighted by molar-refractivity contribution is 5.78. The molecule has 2 rings (SSSR count). The number of nitrogens with zero attached hydrogens (tertiary/aromatic N) is 2. The van der Waals surface area contributed by atoms with Gasteiger partial charge in [-0.3, -0.25) is 9.69 Å². The summed E-state index contributed by atoms with van der Waals surface area (Å²) in [5, 5.41) is 2.87. The Hall–Kier alpha value is -1.30. The molecule has 2 amide bonds. The van der Waals surface area contributed by atoms with E-state index in [0.717, 1.165) is 57.8 Å². The fraction of sp³-hybridized carbons (Fsp3) is 0.895. The van der Waals surface area contributed by atoms with Crippen LogP contribution in [0.5, 0.6) is 0 Å². The molecule has 6 nitrogen and oxygen atoms in total. The summed E-state index contributed by atoms with van der Waals surface area (Å²) in [6, 6.07) is 0. The molecule has 1 unspecified atom stereocenters. The largest absolute Gasteiger partial charge is 0.444 e. The second-order valence-electron chi connectivity index (χ2n) is 8.69. The highest BCUT2D eigenvalue weighted by Gasteiger charge is 2.26. The number of piperidine rings is 2. The Morgan fingerprint density at radius 1 is 1.12 bits per heavy atom. The Morgan fingerprint density at radius 3 is 2.44 bits per heavy atom. The van der Waals surface area contributed by atoms with Gasteiger partial charge in [0, 0.05) is 26.2 Å². The van der Waals surface area contributed by atoms with Crippen molar-refractivity contribution < 1.29 is 14.3 Å². The molecule has 2 heterocycles. The zero-order valence-corrected chi connectivity index (χ0v) is 16.3. The van der Waals surface area contributed by atoms with Gasteiger partial charge in [0.25, 0.3) is 0 Å². The van der Waals surface area contributed by atoms with Crippen LogP contribution in [0, 0.1) is 11.8 Å². The summed E-state index contributed by atoms with van der Waals surface area (Å²) in [6.07, 6.45) is 4.04. The first-order chi connectivity index (χ1) is 11.7. The average molecular weight is 354 g/mol. The maximum Gasteiger partial charge on any atom is 0.407 e. The lowest BCUT2D eigenvalue weighted by Crippen LogP contribution is -2.48. The maximum atomic E-state index is 12.5. The van der Waals surface area contributed by atoms with Crippen molar-refractivity contribution >= 4 is 12.0 Å². The minimum atomic E-state index is -0.471. The molecule has 2 aliphatic rings. The normalized spacial score (nSPS) is 23.4. The third kappa shape index (κ3) is 7.22. The molecule has 0 aliphatic carbocycles. The van der Waals surface area contributed by atoms with Crippen molar-refractivity contribution in [2.75, 3.05) is 39.3 Å². The van der Waals surface area contributed by atoms with Crippen molar-refractivity contribution in [3.05, 3.63) is 0 Å². The SMILES string of the molecule is CC1CCN(C(=O)CN2CCCC(CNC(=O)OC(C)(C)C)C2)CC1. The summed E-state index contributed by atoms with van der Waals surface area (Å²) in [5.41, 5.74) is -0.471. The van der Waals surface area contributed by atoms with E-state index in [4.69, 9.17) is 4.74 Å². The van der Waals surface area contributed by atoms with Crippen LogP contribution in [0.4, 0.5) is 4.79 Å². The van der Waals surface area contributed by atoms with Gasteiger partial charge >= 0.3 is 6.09 Å². The van der Waals surface area contributed by atoms with Gasteiger partial charge in [-0.2, -0.15) is 0 Å². The number of carbonyl (C=O) groups is 2. The zero-order chi connectivity index (χ0) is 18.4. The molecule has 0 aromatic carbocycles. The summed E-state index contributed by atoms with van der Waals surface area (Å²) in [5.74, 6) is 1.38. The Morgan fingerprint density at radius 2 is 1.80 bits per heavy atom. The van der Waals surface area contributed by atoms with Crippen molar-refractivity contribution in [1.82, 2.24) is 15.1 Å². The molecule has 2 saturated heterocycles. The molecule has 0 radical (unpaired) electrons. The Labute approximate surface area is 152 Å². The number of ether oxygens (including phenoxy) is 1.